The Labute approximate surface area is 213 Å². The SMILES string of the molecule is O=C(C=Cc1cnc2ccccc2c1)NCCCCN1CCc2ccc(OS(=O)(=O)C(F)(F)F)cc2C1. The van der Waals surface area contributed by atoms with Crippen molar-refractivity contribution in [1.29, 1.82) is 0 Å². The van der Waals surface area contributed by atoms with Gasteiger partial charge in [0.15, 0.2) is 0 Å². The third-order valence-electron chi connectivity index (χ3n) is 6.00. The van der Waals surface area contributed by atoms with Crippen LogP contribution in [0, 0.1) is 0 Å². The largest absolute Gasteiger partial charge is 0.534 e. The molecule has 1 N–H and O–H groups in total. The molecule has 0 spiro atoms. The van der Waals surface area contributed by atoms with Gasteiger partial charge in [-0.25, -0.2) is 0 Å². The van der Waals surface area contributed by atoms with E-state index in [9.17, 15) is 26.4 Å². The lowest BCUT2D eigenvalue weighted by molar-refractivity contribution is -0.116. The smallest absolute Gasteiger partial charge is 0.376 e. The van der Waals surface area contributed by atoms with E-state index in [-0.39, 0.29) is 11.7 Å². The maximum Gasteiger partial charge on any atom is 0.534 e. The van der Waals surface area contributed by atoms with Crippen LogP contribution in [0.4, 0.5) is 13.2 Å². The van der Waals surface area contributed by atoms with Gasteiger partial charge in [0.2, 0.25) is 5.91 Å². The van der Waals surface area contributed by atoms with Crippen LogP contribution in [0.25, 0.3) is 17.0 Å². The second-order valence-corrected chi connectivity index (χ2v) is 10.3. The Kier molecular flexibility index (Phi) is 8.13. The predicted molar refractivity (Wildman–Crippen MR) is 134 cm³/mol. The van der Waals surface area contributed by atoms with E-state index in [0.717, 1.165) is 53.5 Å². The number of para-hydroxylation sites is 1. The van der Waals surface area contributed by atoms with Gasteiger partial charge in [-0.05, 0) is 72.8 Å². The first-order valence-corrected chi connectivity index (χ1v) is 13.2. The van der Waals surface area contributed by atoms with Crippen molar-refractivity contribution in [1.82, 2.24) is 15.2 Å². The normalized spacial score (nSPS) is 14.6. The lowest BCUT2D eigenvalue weighted by atomic mass is 9.99. The highest BCUT2D eigenvalue weighted by atomic mass is 32.2. The van der Waals surface area contributed by atoms with E-state index in [1.165, 1.54) is 18.2 Å². The second kappa shape index (κ2) is 11.3. The Morgan fingerprint density at radius 3 is 2.73 bits per heavy atom. The molecule has 0 bridgehead atoms. The fourth-order valence-corrected chi connectivity index (χ4v) is 4.54. The third kappa shape index (κ3) is 7.07. The minimum Gasteiger partial charge on any atom is -0.376 e. The molecule has 196 valence electrons. The van der Waals surface area contributed by atoms with Crippen LogP contribution in [0.15, 0.2) is 60.8 Å². The molecular formula is C26H26F3N3O4S. The van der Waals surface area contributed by atoms with E-state index in [1.807, 2.05) is 30.3 Å². The summed E-state index contributed by atoms with van der Waals surface area (Å²) < 4.78 is 64.6. The Hall–Kier alpha value is -3.44. The number of alkyl halides is 3. The number of nitrogens with zero attached hydrogens (tertiary/aromatic N) is 2. The lowest BCUT2D eigenvalue weighted by Crippen LogP contribution is -2.32. The number of unbranched alkanes of at least 4 members (excludes halogenated alkanes) is 1. The Morgan fingerprint density at radius 1 is 1.11 bits per heavy atom. The highest BCUT2D eigenvalue weighted by Gasteiger charge is 2.48. The number of hydrogen-bond acceptors (Lipinski definition) is 6. The second-order valence-electron chi connectivity index (χ2n) is 8.73. The number of halogens is 3. The zero-order valence-corrected chi connectivity index (χ0v) is 20.7. The van der Waals surface area contributed by atoms with Gasteiger partial charge < -0.3 is 9.50 Å². The summed E-state index contributed by atoms with van der Waals surface area (Å²) >= 11 is 0. The van der Waals surface area contributed by atoms with Crippen molar-refractivity contribution in [2.24, 2.45) is 0 Å². The first-order chi connectivity index (χ1) is 17.6. The maximum atomic E-state index is 12.6. The van der Waals surface area contributed by atoms with Crippen molar-refractivity contribution in [3.63, 3.8) is 0 Å². The number of benzene rings is 2. The number of rotatable bonds is 9. The summed E-state index contributed by atoms with van der Waals surface area (Å²) in [5, 5.41) is 3.86. The van der Waals surface area contributed by atoms with E-state index in [0.29, 0.717) is 19.5 Å². The molecule has 2 aromatic carbocycles. The Morgan fingerprint density at radius 2 is 1.92 bits per heavy atom. The first kappa shape index (κ1) is 26.6. The van der Waals surface area contributed by atoms with Gasteiger partial charge in [0.1, 0.15) is 5.75 Å². The van der Waals surface area contributed by atoms with Crippen LogP contribution in [-0.4, -0.2) is 49.4 Å². The molecule has 0 unspecified atom stereocenters. The van der Waals surface area contributed by atoms with Crippen LogP contribution in [0.2, 0.25) is 0 Å². The highest BCUT2D eigenvalue weighted by Crippen LogP contribution is 2.29. The quantitative estimate of drug-likeness (QED) is 0.190. The predicted octanol–water partition coefficient (Wildman–Crippen LogP) is 4.43. The average Bonchev–Trinajstić information content (AvgIpc) is 2.86. The Bertz CT molecular complexity index is 1410. The molecular weight excluding hydrogens is 507 g/mol. The molecule has 1 aromatic heterocycles. The standard InChI is InChI=1S/C26H26F3N3O4S/c27-26(28,29)37(34,35)36-23-9-8-20-11-14-32(18-22(20)16-23)13-4-3-12-30-25(33)10-7-19-15-21-5-1-2-6-24(21)31-17-19/h1-2,5-10,15-17H,3-4,11-14,18H2,(H,30,33). The molecule has 11 heteroatoms. The van der Waals surface area contributed by atoms with Gasteiger partial charge in [0, 0.05) is 37.3 Å². The van der Waals surface area contributed by atoms with Crippen molar-refractivity contribution in [2.75, 3.05) is 19.6 Å². The van der Waals surface area contributed by atoms with E-state index in [2.05, 4.69) is 19.4 Å². The molecule has 0 radical (unpaired) electrons. The van der Waals surface area contributed by atoms with Crippen molar-refractivity contribution < 1.29 is 30.6 Å². The fourth-order valence-electron chi connectivity index (χ4n) is 4.09. The van der Waals surface area contributed by atoms with Gasteiger partial charge in [0.25, 0.3) is 0 Å². The molecule has 0 saturated carbocycles. The number of fused-ring (bicyclic) bond motifs is 2. The van der Waals surface area contributed by atoms with Gasteiger partial charge in [-0.15, -0.1) is 0 Å². The monoisotopic (exact) mass is 533 g/mol. The van der Waals surface area contributed by atoms with Crippen LogP contribution in [0.5, 0.6) is 5.75 Å². The van der Waals surface area contributed by atoms with Gasteiger partial charge >= 0.3 is 15.6 Å². The van der Waals surface area contributed by atoms with Gasteiger partial charge in [-0.2, -0.15) is 21.6 Å². The van der Waals surface area contributed by atoms with Crippen molar-refractivity contribution in [3.8, 4) is 5.75 Å². The molecule has 1 aliphatic heterocycles. The van der Waals surface area contributed by atoms with Gasteiger partial charge in [-0.1, -0.05) is 24.3 Å². The molecule has 0 fully saturated rings. The van der Waals surface area contributed by atoms with E-state index in [1.54, 1.807) is 18.3 Å². The molecule has 0 aliphatic carbocycles. The van der Waals surface area contributed by atoms with Crippen LogP contribution in [0.1, 0.15) is 29.5 Å². The molecule has 0 saturated heterocycles. The molecule has 3 aromatic rings. The number of aromatic nitrogens is 1. The lowest BCUT2D eigenvalue weighted by Gasteiger charge is -2.29. The number of carbonyl (C=O) groups is 1. The van der Waals surface area contributed by atoms with Crippen molar-refractivity contribution in [2.45, 2.75) is 31.3 Å². The number of amides is 1. The summed E-state index contributed by atoms with van der Waals surface area (Å²) in [5.41, 5.74) is -2.06. The summed E-state index contributed by atoms with van der Waals surface area (Å²) in [7, 11) is -5.70. The number of nitrogens with one attached hydrogen (secondary N) is 1. The summed E-state index contributed by atoms with van der Waals surface area (Å²) in [5.74, 6) is -0.547. The van der Waals surface area contributed by atoms with E-state index in [4.69, 9.17) is 0 Å². The van der Waals surface area contributed by atoms with Crippen molar-refractivity contribution >= 4 is 33.0 Å². The topological polar surface area (TPSA) is 88.6 Å². The van der Waals surface area contributed by atoms with Crippen LogP contribution in [-0.2, 0) is 27.9 Å². The van der Waals surface area contributed by atoms with Gasteiger partial charge in [-0.3, -0.25) is 14.7 Å². The third-order valence-corrected chi connectivity index (χ3v) is 6.98. The minimum absolute atomic E-state index is 0.193. The molecule has 2 heterocycles. The molecule has 7 nitrogen and oxygen atoms in total. The number of pyridine rings is 1. The van der Waals surface area contributed by atoms with Crippen molar-refractivity contribution in [3.05, 3.63) is 77.5 Å². The molecule has 4 rings (SSSR count). The zero-order chi connectivity index (χ0) is 26.5. The van der Waals surface area contributed by atoms with Crippen LogP contribution in [0.3, 0.4) is 0 Å². The van der Waals surface area contributed by atoms with Crippen LogP contribution >= 0.6 is 0 Å². The molecule has 1 aliphatic rings. The molecule has 1 amide bonds. The maximum absolute atomic E-state index is 12.6. The zero-order valence-electron chi connectivity index (χ0n) is 19.9. The van der Waals surface area contributed by atoms with Gasteiger partial charge in [0.05, 0.1) is 5.52 Å². The molecule has 0 atom stereocenters. The summed E-state index contributed by atoms with van der Waals surface area (Å²) in [4.78, 5) is 18.6. The number of carbonyl (C=O) groups excluding carboxylic acids is 1. The highest BCUT2D eigenvalue weighted by molar-refractivity contribution is 7.88. The Balaban J connectivity index is 1.20. The summed E-state index contributed by atoms with van der Waals surface area (Å²) in [6, 6.07) is 13.9. The summed E-state index contributed by atoms with van der Waals surface area (Å²) in [6.45, 7) is 2.51. The minimum atomic E-state index is -5.70. The fraction of sp³-hybridized carbons (Fsp3) is 0.308. The number of hydrogen-bond donors (Lipinski definition) is 1. The first-order valence-electron chi connectivity index (χ1n) is 11.8. The summed E-state index contributed by atoms with van der Waals surface area (Å²) in [6.07, 6.45) is 7.18. The van der Waals surface area contributed by atoms with Crippen LogP contribution < -0.4 is 9.50 Å². The average molecular weight is 534 g/mol. The van der Waals surface area contributed by atoms with E-state index >= 15 is 0 Å². The van der Waals surface area contributed by atoms with E-state index < -0.39 is 15.6 Å². The molecule has 37 heavy (non-hydrogen) atoms.